The summed E-state index contributed by atoms with van der Waals surface area (Å²) in [5.74, 6) is -1.06. The topological polar surface area (TPSA) is 83.6 Å². The number of carboxylic acids is 1. The smallest absolute Gasteiger partial charge is 0.305 e. The molecular weight excluding hydrogens is 244 g/mol. The second kappa shape index (κ2) is 6.89. The van der Waals surface area contributed by atoms with E-state index in [-0.39, 0.29) is 18.4 Å². The average molecular weight is 264 g/mol. The first kappa shape index (κ1) is 15.2. The predicted molar refractivity (Wildman–Crippen MR) is 72.8 cm³/mol. The molecule has 3 N–H and O–H groups in total. The quantitative estimate of drug-likeness (QED) is 0.815. The van der Waals surface area contributed by atoms with Crippen LogP contribution < -0.4 is 5.73 Å². The molecule has 1 rings (SSSR count). The fourth-order valence-electron chi connectivity index (χ4n) is 1.97. The van der Waals surface area contributed by atoms with Gasteiger partial charge in [0.25, 0.3) is 5.91 Å². The van der Waals surface area contributed by atoms with Crippen molar-refractivity contribution in [2.75, 3.05) is 6.54 Å². The third kappa shape index (κ3) is 4.06. The molecule has 0 fully saturated rings. The molecule has 0 saturated heterocycles. The van der Waals surface area contributed by atoms with E-state index in [1.807, 2.05) is 19.1 Å². The van der Waals surface area contributed by atoms with Gasteiger partial charge in [-0.2, -0.15) is 0 Å². The van der Waals surface area contributed by atoms with E-state index >= 15 is 0 Å². The number of carbonyl (C=O) groups excluding carboxylic acids is 1. The van der Waals surface area contributed by atoms with Crippen LogP contribution in [-0.4, -0.2) is 34.5 Å². The lowest BCUT2D eigenvalue weighted by Gasteiger charge is -2.27. The SMILES string of the molecule is CCN(C(=O)c1ccc(CN)cc1)C(C)CC(=O)O. The van der Waals surface area contributed by atoms with Gasteiger partial charge in [-0.15, -0.1) is 0 Å². The van der Waals surface area contributed by atoms with Crippen LogP contribution in [0.3, 0.4) is 0 Å². The number of hydrogen-bond donors (Lipinski definition) is 2. The summed E-state index contributed by atoms with van der Waals surface area (Å²) < 4.78 is 0. The molecule has 1 aromatic rings. The van der Waals surface area contributed by atoms with E-state index in [2.05, 4.69) is 0 Å². The number of nitrogens with zero attached hydrogens (tertiary/aromatic N) is 1. The Labute approximate surface area is 113 Å². The van der Waals surface area contributed by atoms with Crippen LogP contribution in [-0.2, 0) is 11.3 Å². The Kier molecular flexibility index (Phi) is 5.51. The summed E-state index contributed by atoms with van der Waals surface area (Å²) in [5, 5.41) is 8.80. The maximum absolute atomic E-state index is 12.3. The Bertz CT molecular complexity index is 443. The number of benzene rings is 1. The van der Waals surface area contributed by atoms with Crippen LogP contribution in [0.2, 0.25) is 0 Å². The van der Waals surface area contributed by atoms with E-state index in [9.17, 15) is 9.59 Å². The molecule has 5 heteroatoms. The lowest BCUT2D eigenvalue weighted by molar-refractivity contribution is -0.138. The zero-order valence-corrected chi connectivity index (χ0v) is 11.3. The van der Waals surface area contributed by atoms with E-state index in [1.165, 1.54) is 0 Å². The van der Waals surface area contributed by atoms with Gasteiger partial charge in [-0.05, 0) is 31.5 Å². The number of carbonyl (C=O) groups is 2. The Morgan fingerprint density at radius 2 is 1.89 bits per heavy atom. The maximum atomic E-state index is 12.3. The number of nitrogens with two attached hydrogens (primary N) is 1. The Hall–Kier alpha value is -1.88. The summed E-state index contributed by atoms with van der Waals surface area (Å²) in [4.78, 5) is 24.6. The van der Waals surface area contributed by atoms with Crippen LogP contribution in [0.25, 0.3) is 0 Å². The second-order valence-electron chi connectivity index (χ2n) is 4.44. The third-order valence-electron chi connectivity index (χ3n) is 3.04. The number of hydrogen-bond acceptors (Lipinski definition) is 3. The molecule has 104 valence electrons. The van der Waals surface area contributed by atoms with Crippen LogP contribution in [0, 0.1) is 0 Å². The Balaban J connectivity index is 2.85. The van der Waals surface area contributed by atoms with E-state index < -0.39 is 5.97 Å². The van der Waals surface area contributed by atoms with E-state index in [0.29, 0.717) is 18.7 Å². The first-order valence-corrected chi connectivity index (χ1v) is 6.31. The number of aliphatic carboxylic acids is 1. The van der Waals surface area contributed by atoms with Crippen LogP contribution in [0.15, 0.2) is 24.3 Å². The van der Waals surface area contributed by atoms with Crippen molar-refractivity contribution in [3.63, 3.8) is 0 Å². The lowest BCUT2D eigenvalue weighted by atomic mass is 10.1. The Morgan fingerprint density at radius 3 is 2.32 bits per heavy atom. The van der Waals surface area contributed by atoms with Crippen molar-refractivity contribution in [2.45, 2.75) is 32.9 Å². The van der Waals surface area contributed by atoms with Gasteiger partial charge in [0.15, 0.2) is 0 Å². The molecule has 0 aliphatic rings. The summed E-state index contributed by atoms with van der Waals surface area (Å²) in [7, 11) is 0. The molecule has 1 atom stereocenters. The van der Waals surface area contributed by atoms with Crippen molar-refractivity contribution in [3.05, 3.63) is 35.4 Å². The zero-order chi connectivity index (χ0) is 14.4. The highest BCUT2D eigenvalue weighted by atomic mass is 16.4. The van der Waals surface area contributed by atoms with Gasteiger partial charge in [0.2, 0.25) is 0 Å². The molecule has 0 bridgehead atoms. The van der Waals surface area contributed by atoms with Gasteiger partial charge in [-0.3, -0.25) is 9.59 Å². The predicted octanol–water partition coefficient (Wildman–Crippen LogP) is 1.47. The van der Waals surface area contributed by atoms with Gasteiger partial charge in [0.1, 0.15) is 0 Å². The fourth-order valence-corrected chi connectivity index (χ4v) is 1.97. The Morgan fingerprint density at radius 1 is 1.32 bits per heavy atom. The van der Waals surface area contributed by atoms with Crippen LogP contribution in [0.4, 0.5) is 0 Å². The molecule has 0 aliphatic heterocycles. The number of rotatable bonds is 6. The largest absolute Gasteiger partial charge is 0.481 e. The highest BCUT2D eigenvalue weighted by molar-refractivity contribution is 5.94. The van der Waals surface area contributed by atoms with Crippen LogP contribution in [0.5, 0.6) is 0 Å². The zero-order valence-electron chi connectivity index (χ0n) is 11.3. The molecule has 1 amide bonds. The first-order valence-electron chi connectivity index (χ1n) is 6.31. The van der Waals surface area contributed by atoms with Crippen molar-refractivity contribution in [1.29, 1.82) is 0 Å². The average Bonchev–Trinajstić information content (AvgIpc) is 2.38. The summed E-state index contributed by atoms with van der Waals surface area (Å²) in [6.45, 7) is 4.49. The highest BCUT2D eigenvalue weighted by Gasteiger charge is 2.21. The third-order valence-corrected chi connectivity index (χ3v) is 3.04. The molecule has 1 aromatic carbocycles. The van der Waals surface area contributed by atoms with Gasteiger partial charge in [-0.25, -0.2) is 0 Å². The molecule has 0 radical (unpaired) electrons. The standard InChI is InChI=1S/C14H20N2O3/c1-3-16(10(2)8-13(17)18)14(19)12-6-4-11(9-15)5-7-12/h4-7,10H,3,8-9,15H2,1-2H3,(H,17,18). The van der Waals surface area contributed by atoms with E-state index in [4.69, 9.17) is 10.8 Å². The van der Waals surface area contributed by atoms with Crippen molar-refractivity contribution in [2.24, 2.45) is 5.73 Å². The summed E-state index contributed by atoms with van der Waals surface area (Å²) >= 11 is 0. The molecule has 0 aliphatic carbocycles. The molecular formula is C14H20N2O3. The normalized spacial score (nSPS) is 11.9. The van der Waals surface area contributed by atoms with Gasteiger partial charge >= 0.3 is 5.97 Å². The minimum Gasteiger partial charge on any atom is -0.481 e. The fraction of sp³-hybridized carbons (Fsp3) is 0.429. The van der Waals surface area contributed by atoms with Crippen molar-refractivity contribution >= 4 is 11.9 Å². The molecule has 1 unspecified atom stereocenters. The van der Waals surface area contributed by atoms with Gasteiger partial charge in [-0.1, -0.05) is 12.1 Å². The molecule has 0 spiro atoms. The number of amides is 1. The van der Waals surface area contributed by atoms with Gasteiger partial charge in [0.05, 0.1) is 6.42 Å². The molecule has 0 saturated carbocycles. The number of carboxylic acid groups (broad SMARTS) is 1. The minimum atomic E-state index is -0.905. The molecule has 5 nitrogen and oxygen atoms in total. The van der Waals surface area contributed by atoms with Gasteiger partial charge < -0.3 is 15.7 Å². The van der Waals surface area contributed by atoms with Crippen LogP contribution in [0.1, 0.15) is 36.2 Å². The monoisotopic (exact) mass is 264 g/mol. The molecule has 0 heterocycles. The summed E-state index contributed by atoms with van der Waals surface area (Å²) in [5.41, 5.74) is 7.01. The highest BCUT2D eigenvalue weighted by Crippen LogP contribution is 2.12. The van der Waals surface area contributed by atoms with E-state index in [0.717, 1.165) is 5.56 Å². The molecule has 19 heavy (non-hydrogen) atoms. The summed E-state index contributed by atoms with van der Waals surface area (Å²) in [6, 6.07) is 6.73. The van der Waals surface area contributed by atoms with Crippen molar-refractivity contribution in [3.8, 4) is 0 Å². The maximum Gasteiger partial charge on any atom is 0.305 e. The van der Waals surface area contributed by atoms with E-state index in [1.54, 1.807) is 24.0 Å². The second-order valence-corrected chi connectivity index (χ2v) is 4.44. The van der Waals surface area contributed by atoms with Crippen molar-refractivity contribution < 1.29 is 14.7 Å². The summed E-state index contributed by atoms with van der Waals surface area (Å²) in [6.07, 6.45) is -0.0551. The van der Waals surface area contributed by atoms with Gasteiger partial charge in [0, 0.05) is 24.7 Å². The van der Waals surface area contributed by atoms with Crippen LogP contribution >= 0.6 is 0 Å². The first-order chi connectivity index (χ1) is 8.99. The molecule has 0 aromatic heterocycles. The minimum absolute atomic E-state index is 0.0551. The van der Waals surface area contributed by atoms with Crippen molar-refractivity contribution in [1.82, 2.24) is 4.90 Å². The lowest BCUT2D eigenvalue weighted by Crippen LogP contribution is -2.39.